The van der Waals surface area contributed by atoms with Crippen molar-refractivity contribution in [2.24, 2.45) is 17.8 Å². The van der Waals surface area contributed by atoms with Crippen LogP contribution in [0.5, 0.6) is 0 Å². The Morgan fingerprint density at radius 3 is 1.54 bits per heavy atom. The molecule has 0 spiro atoms. The van der Waals surface area contributed by atoms with E-state index in [9.17, 15) is 0 Å². The highest BCUT2D eigenvalue weighted by molar-refractivity contribution is 6.59. The van der Waals surface area contributed by atoms with Gasteiger partial charge in [-0.05, 0) is 61.3 Å². The summed E-state index contributed by atoms with van der Waals surface area (Å²) in [4.78, 5) is 0. The molecule has 0 aromatic heterocycles. The van der Waals surface area contributed by atoms with E-state index in [1.165, 1.54) is 17.8 Å². The molecule has 0 radical (unpaired) electrons. The van der Waals surface area contributed by atoms with Gasteiger partial charge < -0.3 is 0 Å². The van der Waals surface area contributed by atoms with Crippen LogP contribution in [0.25, 0.3) is 0 Å². The van der Waals surface area contributed by atoms with Crippen molar-refractivity contribution < 1.29 is 0 Å². The van der Waals surface area contributed by atoms with Crippen LogP contribution in [0.1, 0.15) is 38.5 Å². The molecule has 0 saturated heterocycles. The Morgan fingerprint density at radius 2 is 1.23 bits per heavy atom. The molecule has 0 atom stereocenters. The molecule has 0 aliphatic heterocycles. The fourth-order valence-electron chi connectivity index (χ4n) is 4.88. The maximum absolute atomic E-state index is 2.60. The van der Waals surface area contributed by atoms with Gasteiger partial charge in [0.25, 0.3) is 0 Å². The van der Waals surface area contributed by atoms with Crippen molar-refractivity contribution in [2.45, 2.75) is 56.7 Å². The second-order valence-electron chi connectivity index (χ2n) is 6.43. The Bertz CT molecular complexity index is 184. The van der Waals surface area contributed by atoms with Gasteiger partial charge in [0.15, 0.2) is 0 Å². The third kappa shape index (κ3) is 1.16. The molecule has 4 aliphatic carbocycles. The predicted molar refractivity (Wildman–Crippen MR) is 59.7 cm³/mol. The highest BCUT2D eigenvalue weighted by Crippen LogP contribution is 2.65. The summed E-state index contributed by atoms with van der Waals surface area (Å²) in [7, 11) is -0.383. The minimum Gasteiger partial charge on any atom is -0.0718 e. The van der Waals surface area contributed by atoms with E-state index in [-0.39, 0.29) is 8.80 Å². The lowest BCUT2D eigenvalue weighted by Gasteiger charge is -2.58. The lowest BCUT2D eigenvalue weighted by Crippen LogP contribution is -2.47. The molecule has 1 heteroatoms. The van der Waals surface area contributed by atoms with E-state index in [0.717, 1.165) is 5.04 Å². The molecule has 4 rings (SSSR count). The molecule has 0 N–H and O–H groups in total. The van der Waals surface area contributed by atoms with E-state index in [4.69, 9.17) is 0 Å². The summed E-state index contributed by atoms with van der Waals surface area (Å²) < 4.78 is 0. The van der Waals surface area contributed by atoms with Crippen molar-refractivity contribution in [1.29, 1.82) is 0 Å². The normalized spacial score (nSPS) is 53.3. The van der Waals surface area contributed by atoms with Crippen LogP contribution in [0.4, 0.5) is 0 Å². The van der Waals surface area contributed by atoms with Crippen LogP contribution in [0.15, 0.2) is 0 Å². The van der Waals surface area contributed by atoms with Crippen molar-refractivity contribution in [3.05, 3.63) is 0 Å². The molecule has 13 heavy (non-hydrogen) atoms. The fraction of sp³-hybridized carbons (Fsp3) is 1.00. The van der Waals surface area contributed by atoms with Gasteiger partial charge >= 0.3 is 0 Å². The zero-order valence-electron chi connectivity index (χ0n) is 9.05. The van der Waals surface area contributed by atoms with Crippen LogP contribution >= 0.6 is 0 Å². The lowest BCUT2D eigenvalue weighted by molar-refractivity contribution is 0.0271. The molecule has 74 valence electrons. The van der Waals surface area contributed by atoms with Crippen LogP contribution in [-0.2, 0) is 0 Å². The molecule has 4 fully saturated rings. The summed E-state index contributed by atoms with van der Waals surface area (Å²) in [6.45, 7) is 5.21. The Labute approximate surface area is 83.7 Å². The van der Waals surface area contributed by atoms with Gasteiger partial charge in [-0.25, -0.2) is 0 Å². The first-order chi connectivity index (χ1) is 6.18. The summed E-state index contributed by atoms with van der Waals surface area (Å²) in [5.41, 5.74) is 0. The summed E-state index contributed by atoms with van der Waals surface area (Å²) in [5.74, 6) is 3.50. The Balaban J connectivity index is 1.91. The standard InChI is InChI=1S/C12H22Si/c1-13(2)12-6-9-3-10(7-12)5-11(4-9)8-12/h9-11,13H,3-8H2,1-2H3. The van der Waals surface area contributed by atoms with Gasteiger partial charge in [-0.1, -0.05) is 13.1 Å². The molecule has 4 bridgehead atoms. The van der Waals surface area contributed by atoms with Gasteiger partial charge in [-0.2, -0.15) is 0 Å². The predicted octanol–water partition coefficient (Wildman–Crippen LogP) is 3.44. The zero-order valence-corrected chi connectivity index (χ0v) is 10.2. The first kappa shape index (κ1) is 8.52. The number of rotatable bonds is 1. The van der Waals surface area contributed by atoms with Crippen LogP contribution in [0, 0.1) is 17.8 Å². The Kier molecular flexibility index (Phi) is 1.72. The van der Waals surface area contributed by atoms with E-state index in [1.54, 1.807) is 38.5 Å². The van der Waals surface area contributed by atoms with Gasteiger partial charge in [0.1, 0.15) is 0 Å². The SMILES string of the molecule is C[SiH](C)C12CC3CC(CC(C3)C1)C2. The first-order valence-electron chi connectivity index (χ1n) is 6.18. The third-order valence-electron chi connectivity index (χ3n) is 5.31. The van der Waals surface area contributed by atoms with Crippen LogP contribution in [-0.4, -0.2) is 8.80 Å². The molecular formula is C12H22Si. The molecular weight excluding hydrogens is 172 g/mol. The Morgan fingerprint density at radius 1 is 0.846 bits per heavy atom. The minimum absolute atomic E-state index is 0.383. The van der Waals surface area contributed by atoms with Crippen molar-refractivity contribution in [2.75, 3.05) is 0 Å². The number of hydrogen-bond donors (Lipinski definition) is 0. The van der Waals surface area contributed by atoms with Crippen molar-refractivity contribution >= 4 is 8.80 Å². The minimum atomic E-state index is -0.383. The molecule has 4 saturated carbocycles. The van der Waals surface area contributed by atoms with Crippen LogP contribution in [0.3, 0.4) is 0 Å². The molecule has 0 amide bonds. The lowest BCUT2D eigenvalue weighted by atomic mass is 9.56. The summed E-state index contributed by atoms with van der Waals surface area (Å²) in [6.07, 6.45) is 9.76. The monoisotopic (exact) mass is 194 g/mol. The van der Waals surface area contributed by atoms with Gasteiger partial charge in [0.2, 0.25) is 0 Å². The smallest absolute Gasteiger partial charge is 0.0372 e. The summed E-state index contributed by atoms with van der Waals surface area (Å²) in [6, 6.07) is 0. The molecule has 0 aromatic carbocycles. The average molecular weight is 194 g/mol. The Hall–Kier alpha value is 0.217. The molecule has 0 nitrogen and oxygen atoms in total. The topological polar surface area (TPSA) is 0 Å². The first-order valence-corrected chi connectivity index (χ1v) is 9.07. The van der Waals surface area contributed by atoms with E-state index < -0.39 is 0 Å². The van der Waals surface area contributed by atoms with Gasteiger partial charge in [-0.15, -0.1) is 0 Å². The largest absolute Gasteiger partial charge is 0.0718 e. The van der Waals surface area contributed by atoms with Gasteiger partial charge in [0, 0.05) is 8.80 Å². The quantitative estimate of drug-likeness (QED) is 0.561. The molecule has 0 heterocycles. The fourth-order valence-corrected chi connectivity index (χ4v) is 7.30. The highest BCUT2D eigenvalue weighted by atomic mass is 28.3. The van der Waals surface area contributed by atoms with Crippen molar-refractivity contribution in [3.8, 4) is 0 Å². The van der Waals surface area contributed by atoms with Crippen molar-refractivity contribution in [3.63, 3.8) is 0 Å². The zero-order chi connectivity index (χ0) is 9.05. The van der Waals surface area contributed by atoms with E-state index >= 15 is 0 Å². The molecule has 4 aliphatic rings. The maximum Gasteiger partial charge on any atom is 0.0372 e. The van der Waals surface area contributed by atoms with E-state index in [1.807, 2.05) is 0 Å². The van der Waals surface area contributed by atoms with Crippen LogP contribution < -0.4 is 0 Å². The molecule has 0 aromatic rings. The third-order valence-corrected chi connectivity index (χ3v) is 8.47. The van der Waals surface area contributed by atoms with E-state index in [0.29, 0.717) is 0 Å². The van der Waals surface area contributed by atoms with Gasteiger partial charge in [-0.3, -0.25) is 0 Å². The van der Waals surface area contributed by atoms with Crippen molar-refractivity contribution in [1.82, 2.24) is 0 Å². The summed E-state index contributed by atoms with van der Waals surface area (Å²) >= 11 is 0. The molecule has 0 unspecified atom stereocenters. The van der Waals surface area contributed by atoms with E-state index in [2.05, 4.69) is 13.1 Å². The van der Waals surface area contributed by atoms with Gasteiger partial charge in [0.05, 0.1) is 0 Å². The average Bonchev–Trinajstić information content (AvgIpc) is 2.00. The number of hydrogen-bond acceptors (Lipinski definition) is 0. The summed E-state index contributed by atoms with van der Waals surface area (Å²) in [5, 5.41) is 0.939. The maximum atomic E-state index is 2.60. The second-order valence-corrected chi connectivity index (χ2v) is 9.97. The van der Waals surface area contributed by atoms with Crippen LogP contribution in [0.2, 0.25) is 18.1 Å². The second kappa shape index (κ2) is 2.62. The highest BCUT2D eigenvalue weighted by Gasteiger charge is 2.52.